The van der Waals surface area contributed by atoms with Gasteiger partial charge in [-0.05, 0) is 30.5 Å². The van der Waals surface area contributed by atoms with Crippen LogP contribution in [0.15, 0.2) is 30.7 Å². The van der Waals surface area contributed by atoms with Gasteiger partial charge < -0.3 is 24.4 Å². The zero-order valence-corrected chi connectivity index (χ0v) is 20.0. The summed E-state index contributed by atoms with van der Waals surface area (Å²) < 4.78 is 17.8. The molecule has 9 heteroatoms. The minimum absolute atomic E-state index is 0.455. The van der Waals surface area contributed by atoms with E-state index < -0.39 is 0 Å². The number of fused-ring (bicyclic) bond motifs is 2. The van der Waals surface area contributed by atoms with Gasteiger partial charge >= 0.3 is 0 Å². The SMILES string of the molecule is C#CCN1CCN(CCCOc2cc3ncnc(Oc4cnc5c(c4)CCN5)c3cc2OC)CC1. The Balaban J connectivity index is 1.22. The molecule has 0 aliphatic carbocycles. The van der Waals surface area contributed by atoms with Crippen LogP contribution in [0.4, 0.5) is 5.82 Å². The van der Waals surface area contributed by atoms with Crippen molar-refractivity contribution in [2.45, 2.75) is 12.8 Å². The average Bonchev–Trinajstić information content (AvgIpc) is 3.35. The predicted molar refractivity (Wildman–Crippen MR) is 134 cm³/mol. The van der Waals surface area contributed by atoms with E-state index in [-0.39, 0.29) is 0 Å². The smallest absolute Gasteiger partial charge is 0.230 e. The lowest BCUT2D eigenvalue weighted by Gasteiger charge is -2.33. The Kier molecular flexibility index (Phi) is 7.12. The normalized spacial score (nSPS) is 15.9. The first-order valence-electron chi connectivity index (χ1n) is 12.0. The summed E-state index contributed by atoms with van der Waals surface area (Å²) in [5.74, 6) is 6.02. The molecule has 2 aliphatic heterocycles. The van der Waals surface area contributed by atoms with Gasteiger partial charge in [-0.1, -0.05) is 5.92 Å². The number of benzene rings is 1. The molecule has 1 aromatic carbocycles. The fraction of sp³-hybridized carbons (Fsp3) is 0.423. The van der Waals surface area contributed by atoms with Crippen LogP contribution in [0.3, 0.4) is 0 Å². The number of aromatic nitrogens is 3. The van der Waals surface area contributed by atoms with Crippen molar-refractivity contribution >= 4 is 16.7 Å². The summed E-state index contributed by atoms with van der Waals surface area (Å²) in [6.45, 7) is 7.33. The van der Waals surface area contributed by atoms with Crippen LogP contribution in [0, 0.1) is 12.3 Å². The third kappa shape index (κ3) is 5.39. The molecular weight excluding hydrogens is 444 g/mol. The van der Waals surface area contributed by atoms with Gasteiger partial charge in [0.25, 0.3) is 0 Å². The Labute approximate surface area is 205 Å². The highest BCUT2D eigenvalue weighted by molar-refractivity contribution is 5.87. The minimum atomic E-state index is 0.455. The fourth-order valence-corrected chi connectivity index (χ4v) is 4.49. The molecule has 3 aromatic rings. The maximum atomic E-state index is 6.09. The molecule has 0 atom stereocenters. The van der Waals surface area contributed by atoms with Crippen molar-refractivity contribution in [1.82, 2.24) is 24.8 Å². The van der Waals surface area contributed by atoms with Gasteiger partial charge in [0.15, 0.2) is 11.5 Å². The molecule has 2 aliphatic rings. The Morgan fingerprint density at radius 2 is 1.91 bits per heavy atom. The molecule has 0 amide bonds. The molecule has 1 fully saturated rings. The number of anilines is 1. The first-order valence-corrected chi connectivity index (χ1v) is 12.0. The first kappa shape index (κ1) is 23.1. The van der Waals surface area contributed by atoms with E-state index in [9.17, 15) is 0 Å². The summed E-state index contributed by atoms with van der Waals surface area (Å²) in [4.78, 5) is 18.0. The van der Waals surface area contributed by atoms with Crippen molar-refractivity contribution in [1.29, 1.82) is 0 Å². The van der Waals surface area contributed by atoms with E-state index in [4.69, 9.17) is 20.6 Å². The van der Waals surface area contributed by atoms with Crippen molar-refractivity contribution in [2.75, 3.05) is 64.8 Å². The van der Waals surface area contributed by atoms with Gasteiger partial charge in [-0.15, -0.1) is 6.42 Å². The molecule has 1 saturated heterocycles. The highest BCUT2D eigenvalue weighted by Crippen LogP contribution is 2.36. The van der Waals surface area contributed by atoms with Gasteiger partial charge in [0.05, 0.1) is 37.4 Å². The molecule has 2 aromatic heterocycles. The second kappa shape index (κ2) is 10.8. The van der Waals surface area contributed by atoms with E-state index >= 15 is 0 Å². The van der Waals surface area contributed by atoms with Gasteiger partial charge in [-0.2, -0.15) is 0 Å². The van der Waals surface area contributed by atoms with E-state index in [1.165, 1.54) is 6.33 Å². The van der Waals surface area contributed by atoms with Crippen LogP contribution >= 0.6 is 0 Å². The second-order valence-electron chi connectivity index (χ2n) is 8.68. The number of hydrogen-bond acceptors (Lipinski definition) is 9. The van der Waals surface area contributed by atoms with Gasteiger partial charge in [0.1, 0.15) is 17.9 Å². The average molecular weight is 475 g/mol. The van der Waals surface area contributed by atoms with Crippen molar-refractivity contribution in [3.05, 3.63) is 36.3 Å². The lowest BCUT2D eigenvalue weighted by molar-refractivity contribution is 0.136. The number of piperazine rings is 1. The molecule has 0 unspecified atom stereocenters. The van der Waals surface area contributed by atoms with E-state index in [2.05, 4.69) is 36.0 Å². The largest absolute Gasteiger partial charge is 0.493 e. The molecule has 0 radical (unpaired) electrons. The Morgan fingerprint density at radius 3 is 2.74 bits per heavy atom. The zero-order chi connectivity index (χ0) is 24.0. The maximum absolute atomic E-state index is 6.09. The van der Waals surface area contributed by atoms with E-state index in [1.807, 2.05) is 18.2 Å². The topological polar surface area (TPSA) is 84.9 Å². The summed E-state index contributed by atoms with van der Waals surface area (Å²) in [5, 5.41) is 4.00. The van der Waals surface area contributed by atoms with E-state index in [0.29, 0.717) is 29.7 Å². The maximum Gasteiger partial charge on any atom is 0.230 e. The van der Waals surface area contributed by atoms with Crippen molar-refractivity contribution < 1.29 is 14.2 Å². The fourth-order valence-electron chi connectivity index (χ4n) is 4.49. The number of hydrogen-bond donors (Lipinski definition) is 1. The Morgan fingerprint density at radius 1 is 1.06 bits per heavy atom. The highest BCUT2D eigenvalue weighted by atomic mass is 16.5. The third-order valence-electron chi connectivity index (χ3n) is 6.38. The summed E-state index contributed by atoms with van der Waals surface area (Å²) >= 11 is 0. The third-order valence-corrected chi connectivity index (χ3v) is 6.38. The molecule has 0 saturated carbocycles. The molecule has 5 rings (SSSR count). The molecule has 9 nitrogen and oxygen atoms in total. The van der Waals surface area contributed by atoms with Crippen molar-refractivity contribution in [3.8, 4) is 35.5 Å². The van der Waals surface area contributed by atoms with Crippen molar-refractivity contribution in [3.63, 3.8) is 0 Å². The Hall–Kier alpha value is -3.61. The van der Waals surface area contributed by atoms with Crippen LogP contribution in [-0.4, -0.2) is 84.3 Å². The van der Waals surface area contributed by atoms with E-state index in [0.717, 1.165) is 80.9 Å². The Bertz CT molecular complexity index is 1220. The number of ether oxygens (including phenoxy) is 3. The summed E-state index contributed by atoms with van der Waals surface area (Å²) in [7, 11) is 1.63. The highest BCUT2D eigenvalue weighted by Gasteiger charge is 2.17. The molecule has 4 heterocycles. The zero-order valence-electron chi connectivity index (χ0n) is 20.0. The van der Waals surface area contributed by atoms with Crippen LogP contribution in [0.2, 0.25) is 0 Å². The van der Waals surface area contributed by atoms with Crippen molar-refractivity contribution in [2.24, 2.45) is 0 Å². The van der Waals surface area contributed by atoms with Crippen LogP contribution in [0.5, 0.6) is 23.1 Å². The quantitative estimate of drug-likeness (QED) is 0.372. The molecule has 0 bridgehead atoms. The summed E-state index contributed by atoms with van der Waals surface area (Å²) in [6.07, 6.45) is 10.5. The second-order valence-corrected chi connectivity index (χ2v) is 8.68. The lowest BCUT2D eigenvalue weighted by Crippen LogP contribution is -2.46. The van der Waals surface area contributed by atoms with Gasteiger partial charge in [0, 0.05) is 45.3 Å². The number of terminal acetylenes is 1. The molecular formula is C26H30N6O3. The number of nitrogens with one attached hydrogen (secondary N) is 1. The predicted octanol–water partition coefficient (Wildman–Crippen LogP) is 2.81. The lowest BCUT2D eigenvalue weighted by atomic mass is 10.2. The standard InChI is InChI=1S/C26H30N6O3/c1-3-7-31-9-11-32(12-10-31)8-4-13-34-24-16-22-21(15-23(24)33-2)26(30-18-29-22)35-20-14-19-5-6-27-25(19)28-17-20/h1,14-18H,4-13H2,2H3,(H,27,28). The summed E-state index contributed by atoms with van der Waals surface area (Å²) in [5.41, 5.74) is 1.87. The number of rotatable bonds is 9. The van der Waals surface area contributed by atoms with Crippen LogP contribution in [0.1, 0.15) is 12.0 Å². The molecule has 0 spiro atoms. The number of pyridine rings is 1. The van der Waals surface area contributed by atoms with Gasteiger partial charge in [-0.3, -0.25) is 4.90 Å². The first-order chi connectivity index (χ1) is 17.2. The van der Waals surface area contributed by atoms with Crippen LogP contribution in [0.25, 0.3) is 10.9 Å². The molecule has 35 heavy (non-hydrogen) atoms. The molecule has 182 valence electrons. The van der Waals surface area contributed by atoms with Gasteiger partial charge in [-0.25, -0.2) is 15.0 Å². The van der Waals surface area contributed by atoms with E-state index in [1.54, 1.807) is 13.3 Å². The number of methoxy groups -OCH3 is 1. The summed E-state index contributed by atoms with van der Waals surface area (Å²) in [6, 6.07) is 5.75. The van der Waals surface area contributed by atoms with Gasteiger partial charge in [0.2, 0.25) is 5.88 Å². The molecule has 1 N–H and O–H groups in total. The minimum Gasteiger partial charge on any atom is -0.493 e. The van der Waals surface area contributed by atoms with Crippen LogP contribution < -0.4 is 19.5 Å². The number of nitrogens with zero attached hydrogens (tertiary/aromatic N) is 5. The monoisotopic (exact) mass is 474 g/mol. The van der Waals surface area contributed by atoms with Crippen LogP contribution in [-0.2, 0) is 6.42 Å².